The lowest BCUT2D eigenvalue weighted by atomic mass is 10.1. The average Bonchev–Trinajstić information content (AvgIpc) is 3.16. The highest BCUT2D eigenvalue weighted by atomic mass is 15.0. The fraction of sp³-hybridized carbons (Fsp3) is 0.233. The molecule has 0 radical (unpaired) electrons. The molecule has 0 amide bonds. The molecule has 2 heteroatoms. The van der Waals surface area contributed by atoms with Crippen LogP contribution in [-0.4, -0.2) is 4.57 Å². The Morgan fingerprint density at radius 1 is 0.750 bits per heavy atom. The van der Waals surface area contributed by atoms with Gasteiger partial charge in [0.1, 0.15) is 6.54 Å². The predicted molar refractivity (Wildman–Crippen MR) is 138 cm³/mol. The molecule has 0 saturated heterocycles. The topological polar surface area (TPSA) is 8.81 Å². The SMILES string of the molecule is CCCCC[n+]1ccc(/C=C/c2ccc3c(c2)c2ccccc2n3CC)c2ccccc21. The summed E-state index contributed by atoms with van der Waals surface area (Å²) in [5.41, 5.74) is 6.44. The molecule has 0 bridgehead atoms. The number of benzene rings is 3. The second-order valence-electron chi connectivity index (χ2n) is 8.56. The maximum absolute atomic E-state index is 2.40. The van der Waals surface area contributed by atoms with E-state index in [4.69, 9.17) is 0 Å². The van der Waals surface area contributed by atoms with Crippen LogP contribution in [-0.2, 0) is 13.1 Å². The van der Waals surface area contributed by atoms with Crippen molar-refractivity contribution in [3.63, 3.8) is 0 Å². The van der Waals surface area contributed by atoms with Gasteiger partial charge in [0.25, 0.3) is 0 Å². The third kappa shape index (κ3) is 3.71. The lowest BCUT2D eigenvalue weighted by Crippen LogP contribution is -2.34. The second kappa shape index (κ2) is 9.00. The van der Waals surface area contributed by atoms with Crippen LogP contribution in [0, 0.1) is 0 Å². The maximum Gasteiger partial charge on any atom is 0.213 e. The van der Waals surface area contributed by atoms with Crippen molar-refractivity contribution in [1.29, 1.82) is 0 Å². The molecule has 2 nitrogen and oxygen atoms in total. The Kier molecular flexibility index (Phi) is 5.77. The number of fused-ring (bicyclic) bond motifs is 4. The van der Waals surface area contributed by atoms with Gasteiger partial charge in [-0.25, -0.2) is 0 Å². The molecular weight excluding hydrogens is 388 g/mol. The molecule has 160 valence electrons. The van der Waals surface area contributed by atoms with Crippen molar-refractivity contribution in [3.05, 3.63) is 90.1 Å². The summed E-state index contributed by atoms with van der Waals surface area (Å²) < 4.78 is 4.80. The minimum absolute atomic E-state index is 0.980. The van der Waals surface area contributed by atoms with Gasteiger partial charge < -0.3 is 4.57 Å². The van der Waals surface area contributed by atoms with Crippen LogP contribution in [0.3, 0.4) is 0 Å². The van der Waals surface area contributed by atoms with Crippen molar-refractivity contribution >= 4 is 44.9 Å². The van der Waals surface area contributed by atoms with Gasteiger partial charge in [-0.2, -0.15) is 4.57 Å². The van der Waals surface area contributed by atoms with Gasteiger partial charge in [0.15, 0.2) is 6.20 Å². The summed E-state index contributed by atoms with van der Waals surface area (Å²) in [6.45, 7) is 6.53. The number of hydrogen-bond acceptors (Lipinski definition) is 0. The number of aromatic nitrogens is 2. The lowest BCUT2D eigenvalue weighted by Gasteiger charge is -2.05. The fourth-order valence-electron chi connectivity index (χ4n) is 4.88. The first-order valence-electron chi connectivity index (χ1n) is 11.9. The molecule has 0 aliphatic rings. The molecule has 0 spiro atoms. The van der Waals surface area contributed by atoms with Crippen LogP contribution < -0.4 is 4.57 Å². The minimum atomic E-state index is 0.980. The van der Waals surface area contributed by atoms with Gasteiger partial charge in [0, 0.05) is 46.9 Å². The van der Waals surface area contributed by atoms with E-state index in [1.54, 1.807) is 0 Å². The van der Waals surface area contributed by atoms with Crippen molar-refractivity contribution in [2.45, 2.75) is 46.2 Å². The Hall–Kier alpha value is -3.39. The fourth-order valence-corrected chi connectivity index (χ4v) is 4.88. The molecule has 0 N–H and O–H groups in total. The number of para-hydroxylation sites is 2. The van der Waals surface area contributed by atoms with Crippen LogP contribution in [0.5, 0.6) is 0 Å². The summed E-state index contributed by atoms with van der Waals surface area (Å²) in [4.78, 5) is 0. The molecule has 5 aromatic rings. The zero-order valence-electron chi connectivity index (χ0n) is 19.1. The Labute approximate surface area is 190 Å². The summed E-state index contributed by atoms with van der Waals surface area (Å²) in [6.07, 6.45) is 10.5. The molecular formula is C30H31N2+. The molecule has 3 aromatic carbocycles. The summed E-state index contributed by atoms with van der Waals surface area (Å²) in [6, 6.07) is 26.6. The van der Waals surface area contributed by atoms with Gasteiger partial charge >= 0.3 is 0 Å². The molecule has 0 unspecified atom stereocenters. The van der Waals surface area contributed by atoms with Crippen LogP contribution in [0.2, 0.25) is 0 Å². The van der Waals surface area contributed by atoms with Crippen molar-refractivity contribution in [1.82, 2.24) is 4.57 Å². The Bertz CT molecular complexity index is 1420. The van der Waals surface area contributed by atoms with Gasteiger partial charge in [-0.3, -0.25) is 0 Å². The summed E-state index contributed by atoms with van der Waals surface area (Å²) in [5, 5.41) is 3.97. The zero-order valence-corrected chi connectivity index (χ0v) is 19.1. The average molecular weight is 420 g/mol. The number of aryl methyl sites for hydroxylation is 2. The highest BCUT2D eigenvalue weighted by Gasteiger charge is 2.11. The van der Waals surface area contributed by atoms with Crippen LogP contribution in [0.4, 0.5) is 0 Å². The smallest absolute Gasteiger partial charge is 0.213 e. The van der Waals surface area contributed by atoms with E-state index in [1.165, 1.54) is 63.1 Å². The number of unbranched alkanes of at least 4 members (excludes halogenated alkanes) is 2. The summed E-state index contributed by atoms with van der Waals surface area (Å²) in [5.74, 6) is 0. The van der Waals surface area contributed by atoms with Crippen LogP contribution in [0.25, 0.3) is 44.9 Å². The van der Waals surface area contributed by atoms with E-state index >= 15 is 0 Å². The molecule has 0 atom stereocenters. The van der Waals surface area contributed by atoms with Crippen molar-refractivity contribution < 1.29 is 4.57 Å². The molecule has 0 fully saturated rings. The monoisotopic (exact) mass is 419 g/mol. The molecule has 2 aromatic heterocycles. The summed E-state index contributed by atoms with van der Waals surface area (Å²) >= 11 is 0. The maximum atomic E-state index is 2.40. The van der Waals surface area contributed by atoms with Crippen LogP contribution >= 0.6 is 0 Å². The molecule has 0 aliphatic carbocycles. The van der Waals surface area contributed by atoms with E-state index in [0.29, 0.717) is 0 Å². The molecule has 32 heavy (non-hydrogen) atoms. The van der Waals surface area contributed by atoms with Gasteiger partial charge in [0.2, 0.25) is 5.52 Å². The van der Waals surface area contributed by atoms with Crippen molar-refractivity contribution in [3.8, 4) is 0 Å². The van der Waals surface area contributed by atoms with E-state index in [0.717, 1.165) is 13.1 Å². The van der Waals surface area contributed by atoms with Crippen LogP contribution in [0.1, 0.15) is 44.2 Å². The lowest BCUT2D eigenvalue weighted by molar-refractivity contribution is -0.671. The first-order chi connectivity index (χ1) is 15.8. The van der Waals surface area contributed by atoms with Gasteiger partial charge in [-0.1, -0.05) is 61.9 Å². The van der Waals surface area contributed by atoms with Gasteiger partial charge in [-0.05, 0) is 48.7 Å². The first kappa shape index (κ1) is 20.5. The van der Waals surface area contributed by atoms with Crippen LogP contribution in [0.15, 0.2) is 79.0 Å². The molecule has 2 heterocycles. The molecule has 0 saturated carbocycles. The number of hydrogen-bond donors (Lipinski definition) is 0. The van der Waals surface area contributed by atoms with E-state index in [2.05, 4.69) is 114 Å². The Morgan fingerprint density at radius 3 is 2.38 bits per heavy atom. The van der Waals surface area contributed by atoms with E-state index < -0.39 is 0 Å². The molecule has 5 rings (SSSR count). The predicted octanol–water partition coefficient (Wildman–Crippen LogP) is 7.62. The third-order valence-electron chi connectivity index (χ3n) is 6.53. The van der Waals surface area contributed by atoms with Gasteiger partial charge in [0.05, 0.1) is 5.39 Å². The van der Waals surface area contributed by atoms with E-state index in [1.807, 2.05) is 0 Å². The number of rotatable bonds is 7. The Balaban J connectivity index is 1.53. The first-order valence-corrected chi connectivity index (χ1v) is 11.9. The van der Waals surface area contributed by atoms with Crippen molar-refractivity contribution in [2.24, 2.45) is 0 Å². The highest BCUT2D eigenvalue weighted by Crippen LogP contribution is 2.30. The third-order valence-corrected chi connectivity index (χ3v) is 6.53. The summed E-state index contributed by atoms with van der Waals surface area (Å²) in [7, 11) is 0. The minimum Gasteiger partial charge on any atom is -0.341 e. The number of nitrogens with zero attached hydrogens (tertiary/aromatic N) is 2. The Morgan fingerprint density at radius 2 is 1.53 bits per heavy atom. The molecule has 0 aliphatic heterocycles. The van der Waals surface area contributed by atoms with Gasteiger partial charge in [-0.15, -0.1) is 0 Å². The highest BCUT2D eigenvalue weighted by molar-refractivity contribution is 6.08. The normalized spacial score (nSPS) is 11.9. The van der Waals surface area contributed by atoms with Crippen molar-refractivity contribution in [2.75, 3.05) is 0 Å². The number of pyridine rings is 1. The van der Waals surface area contributed by atoms with E-state index in [-0.39, 0.29) is 0 Å². The zero-order chi connectivity index (χ0) is 21.9. The second-order valence-corrected chi connectivity index (χ2v) is 8.56. The van der Waals surface area contributed by atoms with E-state index in [9.17, 15) is 0 Å². The quantitative estimate of drug-likeness (QED) is 0.189. The largest absolute Gasteiger partial charge is 0.341 e. The standard InChI is InChI=1S/C30H31N2/c1-3-5-10-20-31-21-19-24(25-11-6-8-13-28(25)31)17-15-23-16-18-30-27(22-23)26-12-7-9-14-29(26)32(30)4-2/h6-9,11-19,21-22H,3-5,10,20H2,1-2H3/q+1.